The summed E-state index contributed by atoms with van der Waals surface area (Å²) in [6, 6.07) is 4.33. The molecule has 0 heterocycles. The molecule has 1 saturated carbocycles. The molecule has 0 bridgehead atoms. The van der Waals surface area contributed by atoms with Crippen LogP contribution in [0.2, 0.25) is 0 Å². The highest BCUT2D eigenvalue weighted by molar-refractivity contribution is 7.92. The van der Waals surface area contributed by atoms with Crippen molar-refractivity contribution in [3.05, 3.63) is 29.8 Å². The van der Waals surface area contributed by atoms with Crippen LogP contribution in [-0.4, -0.2) is 26.9 Å². The maximum absolute atomic E-state index is 12.9. The Morgan fingerprint density at radius 2 is 1.85 bits per heavy atom. The Bertz CT molecular complexity index is 581. The first-order valence-corrected chi connectivity index (χ1v) is 7.74. The average molecular weight is 308 g/mol. The number of sulfone groups is 1. The molecule has 1 aromatic carbocycles. The first kappa shape index (κ1) is 15.3. The van der Waals surface area contributed by atoms with Crippen LogP contribution in [0.15, 0.2) is 29.2 Å². The van der Waals surface area contributed by atoms with E-state index in [0.717, 1.165) is 12.1 Å². The van der Waals surface area contributed by atoms with E-state index in [-0.39, 0.29) is 12.5 Å². The molecule has 0 aliphatic heterocycles. The molecule has 0 aromatic heterocycles. The minimum atomic E-state index is -4.68. The lowest BCUT2D eigenvalue weighted by Gasteiger charge is -2.17. The van der Waals surface area contributed by atoms with Crippen LogP contribution in [0.5, 0.6) is 0 Å². The predicted octanol–water partition coefficient (Wildman–Crippen LogP) is 3.05. The largest absolute Gasteiger partial charge is 0.417 e. The molecule has 2 atom stereocenters. The van der Waals surface area contributed by atoms with Gasteiger partial charge in [-0.3, -0.25) is 0 Å². The number of halogens is 3. The van der Waals surface area contributed by atoms with E-state index in [1.165, 1.54) is 19.2 Å². The van der Waals surface area contributed by atoms with Crippen molar-refractivity contribution in [1.82, 2.24) is 0 Å². The zero-order valence-corrected chi connectivity index (χ0v) is 11.7. The van der Waals surface area contributed by atoms with Crippen molar-refractivity contribution in [2.24, 2.45) is 0 Å². The second kappa shape index (κ2) is 5.37. The van der Waals surface area contributed by atoms with Gasteiger partial charge in [-0.25, -0.2) is 8.42 Å². The fourth-order valence-electron chi connectivity index (χ4n) is 2.53. The molecule has 3 nitrogen and oxygen atoms in total. The number of alkyl halides is 3. The smallest absolute Gasteiger partial charge is 0.381 e. The summed E-state index contributed by atoms with van der Waals surface area (Å²) in [5.74, 6) is 0. The van der Waals surface area contributed by atoms with Gasteiger partial charge in [0.15, 0.2) is 9.84 Å². The molecule has 0 spiro atoms. The van der Waals surface area contributed by atoms with Crippen molar-refractivity contribution in [2.75, 3.05) is 7.11 Å². The Morgan fingerprint density at radius 1 is 1.20 bits per heavy atom. The summed E-state index contributed by atoms with van der Waals surface area (Å²) >= 11 is 0. The molecule has 0 saturated heterocycles. The third-order valence-corrected chi connectivity index (χ3v) is 5.88. The van der Waals surface area contributed by atoms with Crippen LogP contribution in [0, 0.1) is 0 Å². The zero-order valence-electron chi connectivity index (χ0n) is 10.9. The van der Waals surface area contributed by atoms with E-state index in [9.17, 15) is 21.6 Å². The third-order valence-electron chi connectivity index (χ3n) is 3.61. The Hall–Kier alpha value is -1.08. The van der Waals surface area contributed by atoms with E-state index in [4.69, 9.17) is 4.74 Å². The minimum Gasteiger partial charge on any atom is -0.381 e. The van der Waals surface area contributed by atoms with Gasteiger partial charge in [-0.05, 0) is 31.4 Å². The predicted molar refractivity (Wildman–Crippen MR) is 67.1 cm³/mol. The van der Waals surface area contributed by atoms with Crippen molar-refractivity contribution in [2.45, 2.75) is 41.7 Å². The molecular formula is C13H15F3O3S. The van der Waals surface area contributed by atoms with Crippen LogP contribution in [0.1, 0.15) is 24.8 Å². The van der Waals surface area contributed by atoms with Crippen molar-refractivity contribution in [1.29, 1.82) is 0 Å². The maximum atomic E-state index is 12.9. The number of benzene rings is 1. The van der Waals surface area contributed by atoms with E-state index >= 15 is 0 Å². The summed E-state index contributed by atoms with van der Waals surface area (Å²) in [7, 11) is -2.52. The number of methoxy groups -OCH3 is 1. The first-order chi connectivity index (χ1) is 9.26. The molecular weight excluding hydrogens is 293 g/mol. The molecule has 1 fully saturated rings. The van der Waals surface area contributed by atoms with Gasteiger partial charge in [-0.15, -0.1) is 0 Å². The highest BCUT2D eigenvalue weighted by Gasteiger charge is 2.41. The number of ether oxygens (including phenoxy) is 1. The molecule has 20 heavy (non-hydrogen) atoms. The van der Waals surface area contributed by atoms with Crippen LogP contribution >= 0.6 is 0 Å². The lowest BCUT2D eigenvalue weighted by molar-refractivity contribution is -0.139. The van der Waals surface area contributed by atoms with E-state index in [1.807, 2.05) is 0 Å². The summed E-state index contributed by atoms with van der Waals surface area (Å²) in [5, 5.41) is -0.809. The van der Waals surface area contributed by atoms with Gasteiger partial charge in [0.2, 0.25) is 0 Å². The quantitative estimate of drug-likeness (QED) is 0.862. The molecule has 1 aromatic rings. The average Bonchev–Trinajstić information content (AvgIpc) is 2.87. The fourth-order valence-corrected chi connectivity index (χ4v) is 4.56. The summed E-state index contributed by atoms with van der Waals surface area (Å²) in [5.41, 5.74) is -1.10. The Morgan fingerprint density at radius 3 is 2.40 bits per heavy atom. The second-order valence-electron chi connectivity index (χ2n) is 4.83. The van der Waals surface area contributed by atoms with Crippen LogP contribution in [-0.2, 0) is 20.8 Å². The van der Waals surface area contributed by atoms with Gasteiger partial charge in [0.05, 0.1) is 21.8 Å². The monoisotopic (exact) mass is 308 g/mol. The van der Waals surface area contributed by atoms with Gasteiger partial charge < -0.3 is 4.74 Å². The Balaban J connectivity index is 2.41. The Kier molecular flexibility index (Phi) is 4.11. The fraction of sp³-hybridized carbons (Fsp3) is 0.538. The van der Waals surface area contributed by atoms with Gasteiger partial charge in [0, 0.05) is 7.11 Å². The summed E-state index contributed by atoms with van der Waals surface area (Å²) in [6.45, 7) is 0. The lowest BCUT2D eigenvalue weighted by atomic mass is 10.2. The van der Waals surface area contributed by atoms with Gasteiger partial charge in [-0.2, -0.15) is 13.2 Å². The molecule has 1 aliphatic rings. The van der Waals surface area contributed by atoms with Gasteiger partial charge in [-0.1, -0.05) is 12.1 Å². The number of rotatable bonds is 3. The highest BCUT2D eigenvalue weighted by Crippen LogP contribution is 2.38. The van der Waals surface area contributed by atoms with E-state index in [1.54, 1.807) is 0 Å². The number of hydrogen-bond acceptors (Lipinski definition) is 3. The van der Waals surface area contributed by atoms with Crippen molar-refractivity contribution < 1.29 is 26.3 Å². The molecule has 0 amide bonds. The molecule has 7 heteroatoms. The van der Waals surface area contributed by atoms with Gasteiger partial charge in [0.25, 0.3) is 0 Å². The van der Waals surface area contributed by atoms with Crippen molar-refractivity contribution in [3.8, 4) is 0 Å². The van der Waals surface area contributed by atoms with Crippen molar-refractivity contribution >= 4 is 9.84 Å². The normalized spacial score (nSPS) is 24.0. The van der Waals surface area contributed by atoms with E-state index in [2.05, 4.69) is 0 Å². The molecule has 0 N–H and O–H groups in total. The lowest BCUT2D eigenvalue weighted by Crippen LogP contribution is -2.23. The maximum Gasteiger partial charge on any atom is 0.417 e. The van der Waals surface area contributed by atoms with Crippen LogP contribution in [0.4, 0.5) is 13.2 Å². The summed E-state index contributed by atoms with van der Waals surface area (Å²) in [6.07, 6.45) is -3.76. The van der Waals surface area contributed by atoms with Gasteiger partial charge in [0.1, 0.15) is 0 Å². The second-order valence-corrected chi connectivity index (χ2v) is 7.03. The first-order valence-electron chi connectivity index (χ1n) is 6.19. The highest BCUT2D eigenvalue weighted by atomic mass is 32.2. The van der Waals surface area contributed by atoms with E-state index in [0.29, 0.717) is 12.8 Å². The molecule has 2 rings (SSSR count). The zero-order chi connectivity index (χ0) is 15.0. The molecule has 1 aliphatic carbocycles. The van der Waals surface area contributed by atoms with Crippen LogP contribution in [0.3, 0.4) is 0 Å². The Labute approximate surface area is 115 Å². The SMILES string of the molecule is CO[C@@H]1CC[C@@H](S(=O)(=O)c2ccccc2C(F)(F)F)C1. The number of hydrogen-bond donors (Lipinski definition) is 0. The van der Waals surface area contributed by atoms with Gasteiger partial charge >= 0.3 is 6.18 Å². The van der Waals surface area contributed by atoms with E-state index < -0.39 is 31.7 Å². The summed E-state index contributed by atoms with van der Waals surface area (Å²) in [4.78, 5) is -0.630. The van der Waals surface area contributed by atoms with Crippen LogP contribution < -0.4 is 0 Å². The summed E-state index contributed by atoms with van der Waals surface area (Å²) < 4.78 is 68.7. The topological polar surface area (TPSA) is 43.4 Å². The molecule has 112 valence electrons. The minimum absolute atomic E-state index is 0.201. The van der Waals surface area contributed by atoms with Crippen LogP contribution in [0.25, 0.3) is 0 Å². The molecule has 0 unspecified atom stereocenters. The standard InChI is InChI=1S/C13H15F3O3S/c1-19-9-6-7-10(8-9)20(17,18)12-5-3-2-4-11(12)13(14,15)16/h2-5,9-10H,6-8H2,1H3/t9-,10-/m1/s1. The van der Waals surface area contributed by atoms with Crippen molar-refractivity contribution in [3.63, 3.8) is 0 Å². The third kappa shape index (κ3) is 2.83. The molecule has 0 radical (unpaired) electrons.